The maximum atomic E-state index is 13.0. The summed E-state index contributed by atoms with van der Waals surface area (Å²) in [6.07, 6.45) is -3.09. The van der Waals surface area contributed by atoms with Crippen molar-refractivity contribution in [2.45, 2.75) is 43.2 Å². The molecule has 7 nitrogen and oxygen atoms in total. The van der Waals surface area contributed by atoms with Gasteiger partial charge in [-0.15, -0.1) is 0 Å². The van der Waals surface area contributed by atoms with Crippen molar-refractivity contribution in [3.8, 4) is 0 Å². The number of halogens is 3. The summed E-state index contributed by atoms with van der Waals surface area (Å²) in [4.78, 5) is 18.7. The Hall–Kier alpha value is -2.53. The van der Waals surface area contributed by atoms with Gasteiger partial charge in [-0.3, -0.25) is 4.79 Å². The highest BCUT2D eigenvalue weighted by molar-refractivity contribution is 7.89. The molecule has 1 aliphatic carbocycles. The van der Waals surface area contributed by atoms with Crippen molar-refractivity contribution < 1.29 is 26.4 Å². The molecule has 2 aromatic rings. The molecule has 0 spiro atoms. The van der Waals surface area contributed by atoms with Gasteiger partial charge in [0, 0.05) is 37.2 Å². The van der Waals surface area contributed by atoms with Gasteiger partial charge in [0.25, 0.3) is 0 Å². The van der Waals surface area contributed by atoms with Crippen molar-refractivity contribution in [3.05, 3.63) is 47.5 Å². The fourth-order valence-electron chi connectivity index (χ4n) is 2.66. The molecule has 1 aromatic heterocycles. The van der Waals surface area contributed by atoms with Gasteiger partial charge in [-0.1, -0.05) is 0 Å². The molecule has 1 fully saturated rings. The summed E-state index contributed by atoms with van der Waals surface area (Å²) in [7, 11) is -3.87. The van der Waals surface area contributed by atoms with E-state index in [0.717, 1.165) is 18.9 Å². The number of benzene rings is 1. The molecule has 1 saturated carbocycles. The lowest BCUT2D eigenvalue weighted by atomic mass is 10.2. The molecule has 1 aliphatic rings. The van der Waals surface area contributed by atoms with Crippen LogP contribution in [0.25, 0.3) is 0 Å². The smallest absolute Gasteiger partial charge is 0.326 e. The number of amides is 1. The lowest BCUT2D eigenvalue weighted by molar-refractivity contribution is -0.141. The van der Waals surface area contributed by atoms with Crippen molar-refractivity contribution >= 4 is 21.6 Å². The van der Waals surface area contributed by atoms with E-state index in [4.69, 9.17) is 0 Å². The molecule has 1 heterocycles. The Morgan fingerprint density at radius 1 is 1.17 bits per heavy atom. The number of anilines is 1. The van der Waals surface area contributed by atoms with Crippen LogP contribution >= 0.6 is 0 Å². The van der Waals surface area contributed by atoms with Crippen LogP contribution in [0.15, 0.2) is 35.2 Å². The highest BCUT2D eigenvalue weighted by Crippen LogP contribution is 2.40. The Labute approximate surface area is 165 Å². The van der Waals surface area contributed by atoms with E-state index in [1.165, 1.54) is 31.2 Å². The molecule has 2 N–H and O–H groups in total. The van der Waals surface area contributed by atoms with Crippen LogP contribution in [0.2, 0.25) is 0 Å². The molecule has 0 saturated heterocycles. The first-order valence-corrected chi connectivity index (χ1v) is 10.4. The molecular weight excluding hydrogens is 409 g/mol. The zero-order valence-electron chi connectivity index (χ0n) is 15.5. The molecule has 0 unspecified atom stereocenters. The number of nitrogens with zero attached hydrogens (tertiary/aromatic N) is 2. The normalized spacial score (nSPS) is 14.6. The molecular formula is C18H19F3N4O3S. The number of nitrogens with one attached hydrogen (secondary N) is 2. The van der Waals surface area contributed by atoms with Crippen molar-refractivity contribution in [1.82, 2.24) is 14.7 Å². The predicted octanol–water partition coefficient (Wildman–Crippen LogP) is 2.85. The SMILES string of the molecule is CC(=O)Nc1ccc(S(=O)(=O)NCCc2nc(C3CC3)cc(C(F)(F)F)n2)cc1. The number of aromatic nitrogens is 2. The average molecular weight is 428 g/mol. The minimum absolute atomic E-state index is 0.0108. The molecule has 29 heavy (non-hydrogen) atoms. The van der Waals surface area contributed by atoms with Crippen LogP contribution in [0.1, 0.15) is 42.9 Å². The summed E-state index contributed by atoms with van der Waals surface area (Å²) in [6, 6.07) is 6.47. The van der Waals surface area contributed by atoms with Crippen LogP contribution in [0.5, 0.6) is 0 Å². The molecule has 156 valence electrons. The van der Waals surface area contributed by atoms with Gasteiger partial charge in [0.05, 0.1) is 4.90 Å². The number of carbonyl (C=O) groups is 1. The Bertz CT molecular complexity index is 1000. The minimum Gasteiger partial charge on any atom is -0.326 e. The standard InChI is InChI=1S/C18H19F3N4O3S/c1-11(26)23-13-4-6-14(7-5-13)29(27,28)22-9-8-17-24-15(12-2-3-12)10-16(25-17)18(19,20)21/h4-7,10,12,22H,2-3,8-9H2,1H3,(H,23,26). The number of alkyl halides is 3. The highest BCUT2D eigenvalue weighted by atomic mass is 32.2. The molecule has 1 aromatic carbocycles. The predicted molar refractivity (Wildman–Crippen MR) is 98.6 cm³/mol. The van der Waals surface area contributed by atoms with Crippen LogP contribution in [0.3, 0.4) is 0 Å². The summed E-state index contributed by atoms with van der Waals surface area (Å²) in [6.45, 7) is 1.18. The quantitative estimate of drug-likeness (QED) is 0.706. The van der Waals surface area contributed by atoms with Crippen LogP contribution in [-0.4, -0.2) is 30.8 Å². The van der Waals surface area contributed by atoms with Crippen LogP contribution in [0.4, 0.5) is 18.9 Å². The van der Waals surface area contributed by atoms with Gasteiger partial charge in [-0.25, -0.2) is 23.1 Å². The summed E-state index contributed by atoms with van der Waals surface area (Å²) >= 11 is 0. The summed E-state index contributed by atoms with van der Waals surface area (Å²) in [5, 5.41) is 2.52. The lowest BCUT2D eigenvalue weighted by Crippen LogP contribution is -2.27. The van der Waals surface area contributed by atoms with Gasteiger partial charge in [0.2, 0.25) is 15.9 Å². The summed E-state index contributed by atoms with van der Waals surface area (Å²) < 4.78 is 66.2. The molecule has 1 amide bonds. The van der Waals surface area contributed by atoms with Gasteiger partial charge >= 0.3 is 6.18 Å². The molecule has 0 radical (unpaired) electrons. The van der Waals surface area contributed by atoms with Crippen molar-refractivity contribution in [2.75, 3.05) is 11.9 Å². The van der Waals surface area contributed by atoms with Crippen LogP contribution < -0.4 is 10.0 Å². The van der Waals surface area contributed by atoms with Gasteiger partial charge in [-0.2, -0.15) is 13.2 Å². The van der Waals surface area contributed by atoms with Crippen molar-refractivity contribution in [3.63, 3.8) is 0 Å². The third-order valence-electron chi connectivity index (χ3n) is 4.20. The van der Waals surface area contributed by atoms with E-state index in [9.17, 15) is 26.4 Å². The monoisotopic (exact) mass is 428 g/mol. The maximum absolute atomic E-state index is 13.0. The first-order chi connectivity index (χ1) is 13.5. The molecule has 0 aliphatic heterocycles. The summed E-state index contributed by atoms with van der Waals surface area (Å²) in [5.74, 6) is -0.326. The molecule has 3 rings (SSSR count). The van der Waals surface area contributed by atoms with Gasteiger partial charge < -0.3 is 5.32 Å². The fraction of sp³-hybridized carbons (Fsp3) is 0.389. The number of rotatable bonds is 7. The van der Waals surface area contributed by atoms with Gasteiger partial charge in [0.1, 0.15) is 11.5 Å². The zero-order chi connectivity index (χ0) is 21.2. The maximum Gasteiger partial charge on any atom is 0.433 e. The number of carbonyl (C=O) groups excluding carboxylic acids is 1. The van der Waals surface area contributed by atoms with Crippen LogP contribution in [0, 0.1) is 0 Å². The second-order valence-electron chi connectivity index (χ2n) is 6.72. The Kier molecular flexibility index (Phi) is 5.90. The summed E-state index contributed by atoms with van der Waals surface area (Å²) in [5.41, 5.74) is -0.221. The van der Waals surface area contributed by atoms with E-state index in [2.05, 4.69) is 20.0 Å². The Morgan fingerprint density at radius 2 is 1.83 bits per heavy atom. The number of hydrogen-bond acceptors (Lipinski definition) is 5. The first kappa shape index (κ1) is 21.2. The van der Waals surface area contributed by atoms with Crippen molar-refractivity contribution in [1.29, 1.82) is 0 Å². The largest absolute Gasteiger partial charge is 0.433 e. The Morgan fingerprint density at radius 3 is 2.38 bits per heavy atom. The van der Waals surface area contributed by atoms with E-state index in [1.807, 2.05) is 0 Å². The second-order valence-corrected chi connectivity index (χ2v) is 8.49. The average Bonchev–Trinajstić information content (AvgIpc) is 3.46. The number of hydrogen-bond donors (Lipinski definition) is 2. The fourth-order valence-corrected chi connectivity index (χ4v) is 3.70. The molecule has 0 bridgehead atoms. The minimum atomic E-state index is -4.59. The Balaban J connectivity index is 1.67. The van der Waals surface area contributed by atoms with Crippen molar-refractivity contribution in [2.24, 2.45) is 0 Å². The lowest BCUT2D eigenvalue weighted by Gasteiger charge is -2.11. The third-order valence-corrected chi connectivity index (χ3v) is 5.68. The van der Waals surface area contributed by atoms with E-state index < -0.39 is 21.9 Å². The van der Waals surface area contributed by atoms with Crippen LogP contribution in [-0.2, 0) is 27.4 Å². The second kappa shape index (κ2) is 8.07. The van der Waals surface area contributed by atoms with Gasteiger partial charge in [-0.05, 0) is 43.2 Å². The van der Waals surface area contributed by atoms with E-state index in [-0.39, 0.29) is 35.5 Å². The third kappa shape index (κ3) is 5.73. The number of sulfonamides is 1. The van der Waals surface area contributed by atoms with E-state index in [1.54, 1.807) is 0 Å². The zero-order valence-corrected chi connectivity index (χ0v) is 16.3. The highest BCUT2D eigenvalue weighted by Gasteiger charge is 2.35. The molecule has 0 atom stereocenters. The van der Waals surface area contributed by atoms with E-state index >= 15 is 0 Å². The van der Waals surface area contributed by atoms with Gasteiger partial charge in [0.15, 0.2) is 0 Å². The van der Waals surface area contributed by atoms with E-state index in [0.29, 0.717) is 11.4 Å². The molecule has 11 heteroatoms. The first-order valence-electron chi connectivity index (χ1n) is 8.87. The topological polar surface area (TPSA) is 101 Å².